The number of hydrogen-bond acceptors (Lipinski definition) is 3. The van der Waals surface area contributed by atoms with E-state index in [2.05, 4.69) is 5.32 Å². The first-order valence-corrected chi connectivity index (χ1v) is 10.0. The van der Waals surface area contributed by atoms with Crippen LogP contribution in [-0.2, 0) is 16.0 Å². The molecule has 148 valence electrons. The second-order valence-corrected chi connectivity index (χ2v) is 7.50. The van der Waals surface area contributed by atoms with Crippen molar-refractivity contribution in [1.82, 2.24) is 4.90 Å². The smallest absolute Gasteiger partial charge is 0.229 e. The molecule has 0 radical (unpaired) electrons. The molecular weight excluding hydrogens is 350 g/mol. The highest BCUT2D eigenvalue weighted by molar-refractivity contribution is 5.92. The predicted octanol–water partition coefficient (Wildman–Crippen LogP) is 3.52. The van der Waals surface area contributed by atoms with Gasteiger partial charge in [-0.3, -0.25) is 9.59 Å². The molecule has 0 saturated carbocycles. The molecule has 5 nitrogen and oxygen atoms in total. The number of hydrogen-bond donors (Lipinski definition) is 2. The Hall–Kier alpha value is -2.66. The van der Waals surface area contributed by atoms with Crippen LogP contribution in [0.15, 0.2) is 54.6 Å². The lowest BCUT2D eigenvalue weighted by Gasteiger charge is -2.20. The van der Waals surface area contributed by atoms with Crippen LogP contribution in [-0.4, -0.2) is 29.8 Å². The van der Waals surface area contributed by atoms with E-state index in [9.17, 15) is 9.59 Å². The Labute approximate surface area is 166 Å². The average molecular weight is 380 g/mol. The van der Waals surface area contributed by atoms with Crippen molar-refractivity contribution in [3.05, 3.63) is 65.7 Å². The Morgan fingerprint density at radius 1 is 1.04 bits per heavy atom. The zero-order valence-electron chi connectivity index (χ0n) is 16.4. The van der Waals surface area contributed by atoms with Crippen molar-refractivity contribution < 1.29 is 9.59 Å². The van der Waals surface area contributed by atoms with Crippen molar-refractivity contribution >= 4 is 17.5 Å². The van der Waals surface area contributed by atoms with E-state index < -0.39 is 0 Å². The van der Waals surface area contributed by atoms with Crippen LogP contribution in [0.3, 0.4) is 0 Å². The van der Waals surface area contributed by atoms with E-state index >= 15 is 0 Å². The van der Waals surface area contributed by atoms with Gasteiger partial charge in [0.05, 0.1) is 5.92 Å². The second-order valence-electron chi connectivity index (χ2n) is 7.50. The minimum absolute atomic E-state index is 0.103. The number of nitrogens with zero attached hydrogens (tertiary/aromatic N) is 1. The van der Waals surface area contributed by atoms with Crippen LogP contribution in [0.1, 0.15) is 43.4 Å². The van der Waals surface area contributed by atoms with Crippen molar-refractivity contribution in [2.45, 2.75) is 38.6 Å². The minimum Gasteiger partial charge on any atom is -0.343 e. The van der Waals surface area contributed by atoms with Crippen LogP contribution < -0.4 is 11.1 Å². The Morgan fingerprint density at radius 2 is 1.68 bits per heavy atom. The van der Waals surface area contributed by atoms with Crippen LogP contribution in [0.2, 0.25) is 0 Å². The van der Waals surface area contributed by atoms with Gasteiger partial charge in [0.2, 0.25) is 11.8 Å². The van der Waals surface area contributed by atoms with Crippen molar-refractivity contribution in [2.75, 3.05) is 18.4 Å². The molecule has 2 amide bonds. The number of amides is 2. The van der Waals surface area contributed by atoms with E-state index in [-0.39, 0.29) is 23.8 Å². The number of carbonyl (C=O) groups excluding carboxylic acids is 2. The highest BCUT2D eigenvalue weighted by atomic mass is 16.2. The largest absolute Gasteiger partial charge is 0.343 e. The maximum absolute atomic E-state index is 12.5. The van der Waals surface area contributed by atoms with Crippen molar-refractivity contribution in [2.24, 2.45) is 11.7 Å². The van der Waals surface area contributed by atoms with Gasteiger partial charge < -0.3 is 16.0 Å². The van der Waals surface area contributed by atoms with Crippen LogP contribution >= 0.6 is 0 Å². The van der Waals surface area contributed by atoms with Crippen LogP contribution in [0.25, 0.3) is 0 Å². The molecule has 2 aromatic rings. The zero-order valence-corrected chi connectivity index (χ0v) is 16.4. The number of rotatable bonds is 7. The van der Waals surface area contributed by atoms with Gasteiger partial charge in [-0.1, -0.05) is 49.4 Å². The topological polar surface area (TPSA) is 75.4 Å². The third-order valence-electron chi connectivity index (χ3n) is 5.44. The molecule has 28 heavy (non-hydrogen) atoms. The highest BCUT2D eigenvalue weighted by Gasteiger charge is 2.22. The van der Waals surface area contributed by atoms with Gasteiger partial charge in [-0.25, -0.2) is 0 Å². The fraction of sp³-hybridized carbons (Fsp3) is 0.391. The molecule has 0 bridgehead atoms. The van der Waals surface area contributed by atoms with E-state index in [0.29, 0.717) is 6.42 Å². The SMILES string of the molecule is CC(C(=O)Nc1ccc(CCC(=O)N2CCCC2)cc1)C(N)c1ccccc1. The highest BCUT2D eigenvalue weighted by Crippen LogP contribution is 2.21. The summed E-state index contributed by atoms with van der Waals surface area (Å²) in [6.45, 7) is 3.63. The Balaban J connectivity index is 1.50. The number of likely N-dealkylation sites (tertiary alicyclic amines) is 1. The summed E-state index contributed by atoms with van der Waals surface area (Å²) >= 11 is 0. The molecule has 3 N–H and O–H groups in total. The first-order chi connectivity index (χ1) is 13.5. The number of aryl methyl sites for hydroxylation is 1. The number of nitrogens with two attached hydrogens (primary N) is 1. The summed E-state index contributed by atoms with van der Waals surface area (Å²) in [5.74, 6) is -0.216. The summed E-state index contributed by atoms with van der Waals surface area (Å²) in [5, 5.41) is 2.94. The molecule has 0 aromatic heterocycles. The summed E-state index contributed by atoms with van der Waals surface area (Å²) in [4.78, 5) is 26.6. The van der Waals surface area contributed by atoms with E-state index in [4.69, 9.17) is 5.73 Å². The molecular formula is C23H29N3O2. The van der Waals surface area contributed by atoms with Crippen molar-refractivity contribution in [1.29, 1.82) is 0 Å². The molecule has 1 heterocycles. The van der Waals surface area contributed by atoms with E-state index in [1.165, 1.54) is 0 Å². The number of carbonyl (C=O) groups is 2. The molecule has 1 fully saturated rings. The van der Waals surface area contributed by atoms with Crippen molar-refractivity contribution in [3.8, 4) is 0 Å². The van der Waals surface area contributed by atoms with Crippen LogP contribution in [0.5, 0.6) is 0 Å². The molecule has 2 atom stereocenters. The third-order valence-corrected chi connectivity index (χ3v) is 5.44. The Bertz CT molecular complexity index is 783. The molecule has 2 aromatic carbocycles. The average Bonchev–Trinajstić information content (AvgIpc) is 3.27. The number of nitrogens with one attached hydrogen (secondary N) is 1. The quantitative estimate of drug-likeness (QED) is 0.773. The van der Waals surface area contributed by atoms with Gasteiger partial charge in [0.15, 0.2) is 0 Å². The van der Waals surface area contributed by atoms with Crippen molar-refractivity contribution in [3.63, 3.8) is 0 Å². The first kappa shape index (κ1) is 20.1. The van der Waals surface area contributed by atoms with E-state index in [1.807, 2.05) is 66.4 Å². The number of benzene rings is 2. The lowest BCUT2D eigenvalue weighted by molar-refractivity contribution is -0.130. The summed E-state index contributed by atoms with van der Waals surface area (Å²) in [7, 11) is 0. The maximum atomic E-state index is 12.5. The predicted molar refractivity (Wildman–Crippen MR) is 112 cm³/mol. The van der Waals surface area contributed by atoms with E-state index in [1.54, 1.807) is 0 Å². The van der Waals surface area contributed by atoms with Crippen LogP contribution in [0.4, 0.5) is 5.69 Å². The van der Waals surface area contributed by atoms with Gasteiger partial charge in [-0.2, -0.15) is 0 Å². The molecule has 2 unspecified atom stereocenters. The lowest BCUT2D eigenvalue weighted by Crippen LogP contribution is -2.30. The van der Waals surface area contributed by atoms with E-state index in [0.717, 1.165) is 49.2 Å². The fourth-order valence-electron chi connectivity index (χ4n) is 3.51. The second kappa shape index (κ2) is 9.51. The molecule has 5 heteroatoms. The fourth-order valence-corrected chi connectivity index (χ4v) is 3.51. The molecule has 1 saturated heterocycles. The monoisotopic (exact) mass is 379 g/mol. The standard InChI is InChI=1S/C23H29N3O2/c1-17(22(24)19-7-3-2-4-8-19)23(28)25-20-12-9-18(10-13-20)11-14-21(27)26-15-5-6-16-26/h2-4,7-10,12-13,17,22H,5-6,11,14-16,24H2,1H3,(H,25,28). The zero-order chi connectivity index (χ0) is 19.9. The number of anilines is 1. The normalized spacial score (nSPS) is 15.9. The molecule has 3 rings (SSSR count). The maximum Gasteiger partial charge on any atom is 0.229 e. The van der Waals surface area contributed by atoms with Gasteiger partial charge >= 0.3 is 0 Å². The molecule has 0 spiro atoms. The molecule has 1 aliphatic rings. The molecule has 0 aliphatic carbocycles. The molecule has 1 aliphatic heterocycles. The summed E-state index contributed by atoms with van der Waals surface area (Å²) in [6.07, 6.45) is 3.49. The summed E-state index contributed by atoms with van der Waals surface area (Å²) in [5.41, 5.74) is 9.03. The lowest BCUT2D eigenvalue weighted by atomic mass is 9.94. The summed E-state index contributed by atoms with van der Waals surface area (Å²) < 4.78 is 0. The van der Waals surface area contributed by atoms with Gasteiger partial charge in [-0.05, 0) is 42.5 Å². The van der Waals surface area contributed by atoms with Gasteiger partial charge in [-0.15, -0.1) is 0 Å². The van der Waals surface area contributed by atoms with Gasteiger partial charge in [0.1, 0.15) is 0 Å². The summed E-state index contributed by atoms with van der Waals surface area (Å²) in [6, 6.07) is 17.0. The Kier molecular flexibility index (Phi) is 6.82. The first-order valence-electron chi connectivity index (χ1n) is 10.0. The van der Waals surface area contributed by atoms with Gasteiger partial charge in [0, 0.05) is 31.2 Å². The van der Waals surface area contributed by atoms with Gasteiger partial charge in [0.25, 0.3) is 0 Å². The third kappa shape index (κ3) is 5.20. The minimum atomic E-state index is -0.350. The van der Waals surface area contributed by atoms with Crippen LogP contribution in [0, 0.1) is 5.92 Å². The Morgan fingerprint density at radius 3 is 2.32 bits per heavy atom.